The molecule has 0 aliphatic carbocycles. The Morgan fingerprint density at radius 1 is 1.29 bits per heavy atom. The van der Waals surface area contributed by atoms with E-state index in [1.807, 2.05) is 24.3 Å². The number of nitrogens with one attached hydrogen (secondary N) is 1. The second-order valence-electron chi connectivity index (χ2n) is 6.19. The molecule has 0 bridgehead atoms. The largest absolute Gasteiger partial charge is 0.366 e. The monoisotopic (exact) mass is 321 g/mol. The van der Waals surface area contributed by atoms with Crippen LogP contribution >= 0.6 is 0 Å². The maximum absolute atomic E-state index is 11.4. The van der Waals surface area contributed by atoms with Crippen LogP contribution in [0.1, 0.15) is 34.9 Å². The molecule has 0 unspecified atom stereocenters. The number of aromatic amines is 1. The van der Waals surface area contributed by atoms with Gasteiger partial charge in [0, 0.05) is 30.8 Å². The summed E-state index contributed by atoms with van der Waals surface area (Å²) in [6.07, 6.45) is 3.79. The van der Waals surface area contributed by atoms with Crippen molar-refractivity contribution in [3.05, 3.63) is 54.0 Å². The number of piperidine rings is 1. The molecule has 1 aromatic carbocycles. The molecule has 1 aliphatic heterocycles. The molecule has 1 saturated heterocycles. The molecule has 1 fully saturated rings. The number of aromatic nitrogens is 3. The predicted molar refractivity (Wildman–Crippen MR) is 93.0 cm³/mol. The average molecular weight is 321 g/mol. The highest BCUT2D eigenvalue weighted by Crippen LogP contribution is 2.29. The van der Waals surface area contributed by atoms with E-state index in [0.717, 1.165) is 48.6 Å². The quantitative estimate of drug-likeness (QED) is 0.775. The number of imidazole rings is 1. The Hall–Kier alpha value is -2.89. The molecular formula is C18H19N5O. The minimum atomic E-state index is -0.426. The molecule has 0 radical (unpaired) electrons. The van der Waals surface area contributed by atoms with Gasteiger partial charge in [0.15, 0.2) is 0 Å². The molecule has 1 aliphatic rings. The van der Waals surface area contributed by atoms with Gasteiger partial charge in [0.1, 0.15) is 11.6 Å². The molecule has 3 N–H and O–H groups in total. The standard InChI is InChI=1S/C18H19N5O/c19-17(24)12-7-8-20-16(10-12)23-9-3-4-13(11-23)18-21-14-5-1-2-6-15(14)22-18/h1-2,5-8,10,13H,3-4,9,11H2,(H2,19,24)(H,21,22)/t13-/m1/s1. The van der Waals surface area contributed by atoms with Gasteiger partial charge >= 0.3 is 0 Å². The normalized spacial score (nSPS) is 18.0. The van der Waals surface area contributed by atoms with Crippen LogP contribution in [0.25, 0.3) is 11.0 Å². The first-order valence-electron chi connectivity index (χ1n) is 8.16. The van der Waals surface area contributed by atoms with Gasteiger partial charge in [-0.3, -0.25) is 4.79 Å². The van der Waals surface area contributed by atoms with Gasteiger partial charge in [0.2, 0.25) is 5.91 Å². The van der Waals surface area contributed by atoms with Crippen LogP contribution < -0.4 is 10.6 Å². The van der Waals surface area contributed by atoms with E-state index in [1.54, 1.807) is 18.3 Å². The molecule has 6 nitrogen and oxygen atoms in total. The van der Waals surface area contributed by atoms with Crippen molar-refractivity contribution in [3.63, 3.8) is 0 Å². The first kappa shape index (κ1) is 14.7. The second kappa shape index (κ2) is 5.96. The Morgan fingerprint density at radius 3 is 3.00 bits per heavy atom. The first-order chi connectivity index (χ1) is 11.7. The number of hydrogen-bond acceptors (Lipinski definition) is 4. The molecule has 0 spiro atoms. The van der Waals surface area contributed by atoms with E-state index in [1.165, 1.54) is 0 Å². The number of anilines is 1. The molecule has 0 saturated carbocycles. The highest BCUT2D eigenvalue weighted by molar-refractivity contribution is 5.93. The predicted octanol–water partition coefficient (Wildman–Crippen LogP) is 2.44. The average Bonchev–Trinajstić information content (AvgIpc) is 3.06. The van der Waals surface area contributed by atoms with E-state index < -0.39 is 5.91 Å². The summed E-state index contributed by atoms with van der Waals surface area (Å²) in [6, 6.07) is 11.5. The summed E-state index contributed by atoms with van der Waals surface area (Å²) in [5.41, 5.74) is 7.93. The number of carbonyl (C=O) groups is 1. The van der Waals surface area contributed by atoms with Gasteiger partial charge in [-0.25, -0.2) is 9.97 Å². The van der Waals surface area contributed by atoms with Gasteiger partial charge in [0.05, 0.1) is 11.0 Å². The summed E-state index contributed by atoms with van der Waals surface area (Å²) in [6.45, 7) is 1.75. The van der Waals surface area contributed by atoms with Crippen LogP contribution in [-0.2, 0) is 0 Å². The van der Waals surface area contributed by atoms with E-state index >= 15 is 0 Å². The van der Waals surface area contributed by atoms with E-state index in [0.29, 0.717) is 11.5 Å². The highest BCUT2D eigenvalue weighted by atomic mass is 16.1. The van der Waals surface area contributed by atoms with Crippen LogP contribution in [0.15, 0.2) is 42.6 Å². The molecule has 1 amide bonds. The third-order valence-corrected chi connectivity index (χ3v) is 4.57. The minimum absolute atomic E-state index is 0.324. The number of primary amides is 1. The summed E-state index contributed by atoms with van der Waals surface area (Å²) in [5, 5.41) is 0. The number of benzene rings is 1. The van der Waals surface area contributed by atoms with E-state index in [2.05, 4.69) is 14.9 Å². The van der Waals surface area contributed by atoms with Crippen molar-refractivity contribution in [2.45, 2.75) is 18.8 Å². The molecule has 3 heterocycles. The van der Waals surface area contributed by atoms with Crippen molar-refractivity contribution in [2.24, 2.45) is 5.73 Å². The molecule has 6 heteroatoms. The summed E-state index contributed by atoms with van der Waals surface area (Å²) < 4.78 is 0. The highest BCUT2D eigenvalue weighted by Gasteiger charge is 2.25. The maximum atomic E-state index is 11.4. The summed E-state index contributed by atoms with van der Waals surface area (Å²) in [4.78, 5) is 26.2. The zero-order valence-corrected chi connectivity index (χ0v) is 13.3. The Kier molecular flexibility index (Phi) is 3.65. The van der Waals surface area contributed by atoms with Crippen molar-refractivity contribution in [3.8, 4) is 0 Å². The maximum Gasteiger partial charge on any atom is 0.248 e. The van der Waals surface area contributed by atoms with Crippen LogP contribution in [-0.4, -0.2) is 33.9 Å². The van der Waals surface area contributed by atoms with Crippen molar-refractivity contribution in [1.29, 1.82) is 0 Å². The molecule has 4 rings (SSSR count). The number of para-hydroxylation sites is 2. The fraction of sp³-hybridized carbons (Fsp3) is 0.278. The van der Waals surface area contributed by atoms with Gasteiger partial charge in [-0.1, -0.05) is 12.1 Å². The van der Waals surface area contributed by atoms with E-state index in [9.17, 15) is 4.79 Å². The number of pyridine rings is 1. The lowest BCUT2D eigenvalue weighted by atomic mass is 9.97. The number of nitrogens with two attached hydrogens (primary N) is 1. The van der Waals surface area contributed by atoms with E-state index in [-0.39, 0.29) is 0 Å². The summed E-state index contributed by atoms with van der Waals surface area (Å²) in [5.74, 6) is 1.72. The Balaban J connectivity index is 1.59. The van der Waals surface area contributed by atoms with Gasteiger partial charge in [0.25, 0.3) is 0 Å². The van der Waals surface area contributed by atoms with E-state index in [4.69, 9.17) is 10.7 Å². The Bertz CT molecular complexity index is 855. The zero-order chi connectivity index (χ0) is 16.5. The van der Waals surface area contributed by atoms with Gasteiger partial charge in [-0.15, -0.1) is 0 Å². The van der Waals surface area contributed by atoms with Crippen LogP contribution in [0.4, 0.5) is 5.82 Å². The third-order valence-electron chi connectivity index (χ3n) is 4.57. The van der Waals surface area contributed by atoms with Gasteiger partial charge < -0.3 is 15.6 Å². The molecule has 3 aromatic rings. The number of nitrogens with zero attached hydrogens (tertiary/aromatic N) is 3. The van der Waals surface area contributed by atoms with Gasteiger partial charge in [-0.2, -0.15) is 0 Å². The van der Waals surface area contributed by atoms with Crippen LogP contribution in [0.3, 0.4) is 0 Å². The summed E-state index contributed by atoms with van der Waals surface area (Å²) >= 11 is 0. The molecule has 1 atom stereocenters. The topological polar surface area (TPSA) is 87.9 Å². The second-order valence-corrected chi connectivity index (χ2v) is 6.19. The lowest BCUT2D eigenvalue weighted by Crippen LogP contribution is -2.35. The number of hydrogen-bond donors (Lipinski definition) is 2. The lowest BCUT2D eigenvalue weighted by Gasteiger charge is -2.32. The molecular weight excluding hydrogens is 302 g/mol. The van der Waals surface area contributed by atoms with Gasteiger partial charge in [-0.05, 0) is 37.1 Å². The fourth-order valence-electron chi connectivity index (χ4n) is 3.32. The smallest absolute Gasteiger partial charge is 0.248 e. The molecule has 122 valence electrons. The molecule has 2 aromatic heterocycles. The van der Waals surface area contributed by atoms with Crippen molar-refractivity contribution in [2.75, 3.05) is 18.0 Å². The Labute approximate surface area is 139 Å². The van der Waals surface area contributed by atoms with Crippen molar-refractivity contribution >= 4 is 22.8 Å². The van der Waals surface area contributed by atoms with Crippen LogP contribution in [0.5, 0.6) is 0 Å². The zero-order valence-electron chi connectivity index (χ0n) is 13.3. The summed E-state index contributed by atoms with van der Waals surface area (Å²) in [7, 11) is 0. The SMILES string of the molecule is NC(=O)c1ccnc(N2CCC[C@@H](c3nc4ccccc4[nH]3)C2)c1. The number of H-pyrrole nitrogens is 1. The first-order valence-corrected chi connectivity index (χ1v) is 8.16. The number of amides is 1. The third kappa shape index (κ3) is 2.71. The fourth-order valence-corrected chi connectivity index (χ4v) is 3.32. The lowest BCUT2D eigenvalue weighted by molar-refractivity contribution is 0.1000. The number of carbonyl (C=O) groups excluding carboxylic acids is 1. The number of rotatable bonds is 3. The number of fused-ring (bicyclic) bond motifs is 1. The minimum Gasteiger partial charge on any atom is -0.366 e. The molecule has 24 heavy (non-hydrogen) atoms. The van der Waals surface area contributed by atoms with Crippen molar-refractivity contribution in [1.82, 2.24) is 15.0 Å². The Morgan fingerprint density at radius 2 is 2.17 bits per heavy atom. The van der Waals surface area contributed by atoms with Crippen molar-refractivity contribution < 1.29 is 4.79 Å². The van der Waals surface area contributed by atoms with Crippen LogP contribution in [0, 0.1) is 0 Å². The van der Waals surface area contributed by atoms with Crippen LogP contribution in [0.2, 0.25) is 0 Å².